The van der Waals surface area contributed by atoms with E-state index in [4.69, 9.17) is 14.2 Å². The first-order valence-corrected chi connectivity index (χ1v) is 6.60. The minimum Gasteiger partial charge on any atom is -0.492 e. The summed E-state index contributed by atoms with van der Waals surface area (Å²) < 4.78 is 17.0. The molecule has 0 spiro atoms. The van der Waals surface area contributed by atoms with Crippen molar-refractivity contribution in [1.82, 2.24) is 5.32 Å². The Hall–Kier alpha value is -1.42. The SMILES string of the molecule is COc1c(C2CCCN2)ccc2c1OCCCO2. The molecule has 4 nitrogen and oxygen atoms in total. The van der Waals surface area contributed by atoms with E-state index < -0.39 is 0 Å². The van der Waals surface area contributed by atoms with Crippen molar-refractivity contribution in [1.29, 1.82) is 0 Å². The molecule has 1 aromatic carbocycles. The van der Waals surface area contributed by atoms with Crippen LogP contribution in [0.15, 0.2) is 12.1 Å². The van der Waals surface area contributed by atoms with Crippen molar-refractivity contribution in [3.8, 4) is 17.2 Å². The standard InChI is InChI=1S/C14H19NO3/c1-16-13-10(11-4-2-7-15-11)5-6-12-14(13)18-9-3-8-17-12/h5-6,11,15H,2-4,7-9H2,1H3. The van der Waals surface area contributed by atoms with E-state index in [0.717, 1.165) is 36.6 Å². The maximum absolute atomic E-state index is 5.79. The van der Waals surface area contributed by atoms with Gasteiger partial charge in [-0.2, -0.15) is 0 Å². The van der Waals surface area contributed by atoms with Crippen LogP contribution >= 0.6 is 0 Å². The van der Waals surface area contributed by atoms with E-state index in [1.54, 1.807) is 7.11 Å². The molecule has 2 heterocycles. The third-order valence-corrected chi connectivity index (χ3v) is 3.54. The zero-order valence-corrected chi connectivity index (χ0v) is 10.7. The summed E-state index contributed by atoms with van der Waals surface area (Å²) in [6, 6.07) is 4.46. The van der Waals surface area contributed by atoms with Crippen molar-refractivity contribution in [3.63, 3.8) is 0 Å². The van der Waals surface area contributed by atoms with Gasteiger partial charge >= 0.3 is 0 Å². The van der Waals surface area contributed by atoms with Crippen molar-refractivity contribution in [3.05, 3.63) is 17.7 Å². The molecular weight excluding hydrogens is 230 g/mol. The van der Waals surface area contributed by atoms with E-state index in [0.29, 0.717) is 19.3 Å². The summed E-state index contributed by atoms with van der Waals surface area (Å²) >= 11 is 0. The van der Waals surface area contributed by atoms with Crippen molar-refractivity contribution in [2.45, 2.75) is 25.3 Å². The molecule has 2 aliphatic heterocycles. The van der Waals surface area contributed by atoms with Crippen LogP contribution in [-0.2, 0) is 0 Å². The van der Waals surface area contributed by atoms with E-state index in [2.05, 4.69) is 11.4 Å². The van der Waals surface area contributed by atoms with Gasteiger partial charge in [-0.1, -0.05) is 0 Å². The van der Waals surface area contributed by atoms with E-state index >= 15 is 0 Å². The lowest BCUT2D eigenvalue weighted by Gasteiger charge is -2.19. The average Bonchev–Trinajstić information content (AvgIpc) is 2.82. The highest BCUT2D eigenvalue weighted by atomic mass is 16.5. The number of rotatable bonds is 2. The molecule has 0 bridgehead atoms. The first-order chi connectivity index (χ1) is 8.90. The van der Waals surface area contributed by atoms with Gasteiger partial charge in [0.05, 0.1) is 20.3 Å². The normalized spacial score (nSPS) is 22.6. The maximum Gasteiger partial charge on any atom is 0.203 e. The minimum absolute atomic E-state index is 0.372. The number of benzene rings is 1. The lowest BCUT2D eigenvalue weighted by molar-refractivity contribution is 0.288. The quantitative estimate of drug-likeness (QED) is 0.873. The molecular formula is C14H19NO3. The highest BCUT2D eigenvalue weighted by Gasteiger charge is 2.25. The Balaban J connectivity index is 2.01. The van der Waals surface area contributed by atoms with Gasteiger partial charge in [0.1, 0.15) is 0 Å². The fourth-order valence-electron chi connectivity index (χ4n) is 2.66. The fourth-order valence-corrected chi connectivity index (χ4v) is 2.66. The van der Waals surface area contributed by atoms with E-state index in [-0.39, 0.29) is 0 Å². The molecule has 1 atom stereocenters. The van der Waals surface area contributed by atoms with Crippen molar-refractivity contribution >= 4 is 0 Å². The average molecular weight is 249 g/mol. The molecule has 98 valence electrons. The van der Waals surface area contributed by atoms with Crippen LogP contribution in [0.1, 0.15) is 30.9 Å². The number of fused-ring (bicyclic) bond motifs is 1. The Labute approximate surface area is 107 Å². The zero-order chi connectivity index (χ0) is 12.4. The van der Waals surface area contributed by atoms with Gasteiger partial charge in [-0.15, -0.1) is 0 Å². The second-order valence-corrected chi connectivity index (χ2v) is 4.71. The predicted molar refractivity (Wildman–Crippen MR) is 68.6 cm³/mol. The molecule has 1 unspecified atom stereocenters. The van der Waals surface area contributed by atoms with E-state index in [1.165, 1.54) is 12.0 Å². The predicted octanol–water partition coefficient (Wildman–Crippen LogP) is 2.28. The second-order valence-electron chi connectivity index (χ2n) is 4.71. The van der Waals surface area contributed by atoms with Gasteiger partial charge in [-0.25, -0.2) is 0 Å². The maximum atomic E-state index is 5.79. The molecule has 1 aromatic rings. The molecule has 0 amide bonds. The van der Waals surface area contributed by atoms with Crippen LogP contribution in [0.25, 0.3) is 0 Å². The van der Waals surface area contributed by atoms with Crippen LogP contribution in [0.5, 0.6) is 17.2 Å². The monoisotopic (exact) mass is 249 g/mol. The molecule has 3 rings (SSSR count). The van der Waals surface area contributed by atoms with Crippen LogP contribution in [0.3, 0.4) is 0 Å². The third-order valence-electron chi connectivity index (χ3n) is 3.54. The van der Waals surface area contributed by atoms with Crippen LogP contribution in [0.2, 0.25) is 0 Å². The summed E-state index contributed by atoms with van der Waals surface area (Å²) in [7, 11) is 1.70. The smallest absolute Gasteiger partial charge is 0.203 e. The van der Waals surface area contributed by atoms with Crippen LogP contribution in [-0.4, -0.2) is 26.9 Å². The second kappa shape index (κ2) is 5.06. The first-order valence-electron chi connectivity index (χ1n) is 6.60. The summed E-state index contributed by atoms with van der Waals surface area (Å²) in [5.41, 5.74) is 1.18. The Kier molecular flexibility index (Phi) is 3.28. The lowest BCUT2D eigenvalue weighted by atomic mass is 10.0. The van der Waals surface area contributed by atoms with Gasteiger partial charge in [0.25, 0.3) is 0 Å². The van der Waals surface area contributed by atoms with Crippen molar-refractivity contribution < 1.29 is 14.2 Å². The van der Waals surface area contributed by atoms with Crippen LogP contribution < -0.4 is 19.5 Å². The fraction of sp³-hybridized carbons (Fsp3) is 0.571. The molecule has 1 fully saturated rings. The lowest BCUT2D eigenvalue weighted by Crippen LogP contribution is -2.14. The van der Waals surface area contributed by atoms with Crippen LogP contribution in [0, 0.1) is 0 Å². The van der Waals surface area contributed by atoms with Crippen molar-refractivity contribution in [2.75, 3.05) is 26.9 Å². The molecule has 1 N–H and O–H groups in total. The van der Waals surface area contributed by atoms with Crippen LogP contribution in [0.4, 0.5) is 0 Å². The van der Waals surface area contributed by atoms with Gasteiger partial charge in [0.15, 0.2) is 11.5 Å². The van der Waals surface area contributed by atoms with Crippen molar-refractivity contribution in [2.24, 2.45) is 0 Å². The topological polar surface area (TPSA) is 39.7 Å². The Bertz CT molecular complexity index is 427. The molecule has 18 heavy (non-hydrogen) atoms. The molecule has 0 radical (unpaired) electrons. The highest BCUT2D eigenvalue weighted by Crippen LogP contribution is 2.44. The largest absolute Gasteiger partial charge is 0.492 e. The Morgan fingerprint density at radius 1 is 1.22 bits per heavy atom. The number of nitrogens with one attached hydrogen (secondary N) is 1. The molecule has 0 aromatic heterocycles. The molecule has 4 heteroatoms. The first kappa shape index (κ1) is 11.7. The number of methoxy groups -OCH3 is 1. The summed E-state index contributed by atoms with van der Waals surface area (Å²) in [5.74, 6) is 2.39. The summed E-state index contributed by atoms with van der Waals surface area (Å²) in [4.78, 5) is 0. The Morgan fingerprint density at radius 2 is 2.11 bits per heavy atom. The van der Waals surface area contributed by atoms with Gasteiger partial charge in [-0.05, 0) is 31.5 Å². The number of ether oxygens (including phenoxy) is 3. The number of hydrogen-bond acceptors (Lipinski definition) is 4. The van der Waals surface area contributed by atoms with Gasteiger partial charge in [-0.3, -0.25) is 0 Å². The summed E-state index contributed by atoms with van der Waals surface area (Å²) in [6.07, 6.45) is 3.27. The van der Waals surface area contributed by atoms with E-state index in [9.17, 15) is 0 Å². The third kappa shape index (κ3) is 2.01. The van der Waals surface area contributed by atoms with Gasteiger partial charge in [0.2, 0.25) is 5.75 Å². The Morgan fingerprint density at radius 3 is 2.89 bits per heavy atom. The molecule has 2 aliphatic rings. The number of hydrogen-bond donors (Lipinski definition) is 1. The van der Waals surface area contributed by atoms with Gasteiger partial charge in [0, 0.05) is 18.0 Å². The highest BCUT2D eigenvalue weighted by molar-refractivity contribution is 5.57. The molecule has 0 saturated carbocycles. The zero-order valence-electron chi connectivity index (χ0n) is 10.7. The molecule has 0 aliphatic carbocycles. The van der Waals surface area contributed by atoms with Gasteiger partial charge < -0.3 is 19.5 Å². The minimum atomic E-state index is 0.372. The van der Waals surface area contributed by atoms with E-state index in [1.807, 2.05) is 6.07 Å². The summed E-state index contributed by atoms with van der Waals surface area (Å²) in [6.45, 7) is 2.46. The molecule has 1 saturated heterocycles. The summed E-state index contributed by atoms with van der Waals surface area (Å²) in [5, 5.41) is 3.49.